The molecule has 2 nitrogen and oxygen atoms in total. The average Bonchev–Trinajstić information content (AvgIpc) is 1.77. The van der Waals surface area contributed by atoms with Gasteiger partial charge in [0.1, 0.15) is 0 Å². The Kier molecular flexibility index (Phi) is 6.31. The fourth-order valence-electron chi connectivity index (χ4n) is 0.483. The van der Waals surface area contributed by atoms with Gasteiger partial charge in [-0.1, -0.05) is 12.2 Å². The van der Waals surface area contributed by atoms with Crippen molar-refractivity contribution in [2.24, 2.45) is 0 Å². The van der Waals surface area contributed by atoms with Crippen LogP contribution in [0.25, 0.3) is 0 Å². The zero-order chi connectivity index (χ0) is 5.98. The minimum Gasteiger partial charge on any atom is -0.299 e. The summed E-state index contributed by atoms with van der Waals surface area (Å²) in [5, 5.41) is 14.1. The first-order valence-corrected chi connectivity index (χ1v) is 2.33. The topological polar surface area (TPSA) is 47.7 Å². The van der Waals surface area contributed by atoms with Gasteiger partial charge in [-0.05, 0) is 12.2 Å². The number of nitrogens with one attached hydrogen (secondary N) is 2. The SMILES string of the molecule is Cl.Cl.N=C1C=CC=CC1=N. The summed E-state index contributed by atoms with van der Waals surface area (Å²) in [4.78, 5) is 0. The smallest absolute Gasteiger partial charge is 0.0789 e. The highest BCUT2D eigenvalue weighted by Crippen LogP contribution is 1.91. The Hall–Kier alpha value is -0.600. The van der Waals surface area contributed by atoms with E-state index in [4.69, 9.17) is 10.8 Å². The van der Waals surface area contributed by atoms with Gasteiger partial charge >= 0.3 is 0 Å². The van der Waals surface area contributed by atoms with E-state index in [0.717, 1.165) is 0 Å². The maximum absolute atomic E-state index is 7.03. The molecule has 0 fully saturated rings. The highest BCUT2D eigenvalue weighted by Gasteiger charge is 1.97. The molecule has 0 unspecified atom stereocenters. The number of allylic oxidation sites excluding steroid dienone is 4. The van der Waals surface area contributed by atoms with Gasteiger partial charge in [0.25, 0.3) is 0 Å². The molecule has 10 heavy (non-hydrogen) atoms. The molecule has 1 aliphatic carbocycles. The van der Waals surface area contributed by atoms with Gasteiger partial charge in [-0.3, -0.25) is 10.8 Å². The van der Waals surface area contributed by atoms with Gasteiger partial charge in [0.2, 0.25) is 0 Å². The second kappa shape index (κ2) is 5.21. The summed E-state index contributed by atoms with van der Waals surface area (Å²) in [5.41, 5.74) is 0.569. The van der Waals surface area contributed by atoms with Crippen LogP contribution >= 0.6 is 24.8 Å². The van der Waals surface area contributed by atoms with Crippen molar-refractivity contribution < 1.29 is 0 Å². The molecular weight excluding hydrogens is 171 g/mol. The van der Waals surface area contributed by atoms with Crippen molar-refractivity contribution in [3.8, 4) is 0 Å². The van der Waals surface area contributed by atoms with Crippen LogP contribution in [-0.2, 0) is 0 Å². The molecule has 0 aromatic carbocycles. The molecular formula is C6H8Cl2N2. The lowest BCUT2D eigenvalue weighted by Gasteiger charge is -1.96. The van der Waals surface area contributed by atoms with Crippen molar-refractivity contribution >= 4 is 36.2 Å². The Morgan fingerprint density at radius 1 is 0.800 bits per heavy atom. The normalized spacial score (nSPS) is 14.0. The summed E-state index contributed by atoms with van der Waals surface area (Å²) in [6.07, 6.45) is 6.70. The lowest BCUT2D eigenvalue weighted by molar-refractivity contribution is 1.49. The second-order valence-electron chi connectivity index (χ2n) is 1.55. The van der Waals surface area contributed by atoms with Crippen molar-refractivity contribution in [3.63, 3.8) is 0 Å². The fourth-order valence-corrected chi connectivity index (χ4v) is 0.483. The van der Waals surface area contributed by atoms with Crippen LogP contribution in [-0.4, -0.2) is 11.4 Å². The van der Waals surface area contributed by atoms with Gasteiger partial charge in [-0.15, -0.1) is 24.8 Å². The Labute approximate surface area is 71.9 Å². The lowest BCUT2D eigenvalue weighted by atomic mass is 10.1. The van der Waals surface area contributed by atoms with Gasteiger partial charge in [-0.25, -0.2) is 0 Å². The van der Waals surface area contributed by atoms with E-state index in [-0.39, 0.29) is 36.2 Å². The van der Waals surface area contributed by atoms with Crippen molar-refractivity contribution in [3.05, 3.63) is 24.3 Å². The van der Waals surface area contributed by atoms with Crippen LogP contribution in [0.3, 0.4) is 0 Å². The highest BCUT2D eigenvalue weighted by molar-refractivity contribution is 6.48. The van der Waals surface area contributed by atoms with E-state index < -0.39 is 0 Å². The van der Waals surface area contributed by atoms with E-state index in [2.05, 4.69) is 0 Å². The molecule has 0 heterocycles. The quantitative estimate of drug-likeness (QED) is 0.534. The first-order valence-electron chi connectivity index (χ1n) is 2.33. The van der Waals surface area contributed by atoms with Crippen LogP contribution in [0.4, 0.5) is 0 Å². The highest BCUT2D eigenvalue weighted by atomic mass is 35.5. The number of hydrogen-bond acceptors (Lipinski definition) is 2. The van der Waals surface area contributed by atoms with E-state index in [1.54, 1.807) is 24.3 Å². The van der Waals surface area contributed by atoms with Gasteiger partial charge in [0.05, 0.1) is 11.4 Å². The summed E-state index contributed by atoms with van der Waals surface area (Å²) < 4.78 is 0. The number of hydrogen-bond donors (Lipinski definition) is 2. The molecule has 4 heteroatoms. The summed E-state index contributed by atoms with van der Waals surface area (Å²) in [6, 6.07) is 0. The van der Waals surface area contributed by atoms with Crippen LogP contribution in [0.2, 0.25) is 0 Å². The first-order chi connectivity index (χ1) is 3.80. The molecule has 0 saturated heterocycles. The molecule has 0 aromatic rings. The molecule has 0 aromatic heterocycles. The van der Waals surface area contributed by atoms with Crippen molar-refractivity contribution in [2.75, 3.05) is 0 Å². The van der Waals surface area contributed by atoms with Gasteiger partial charge < -0.3 is 0 Å². The predicted molar refractivity (Wildman–Crippen MR) is 48.2 cm³/mol. The minimum absolute atomic E-state index is 0. The van der Waals surface area contributed by atoms with Crippen LogP contribution in [0.15, 0.2) is 24.3 Å². The molecule has 1 rings (SSSR count). The third kappa shape index (κ3) is 2.80. The van der Waals surface area contributed by atoms with E-state index in [1.165, 1.54) is 0 Å². The fraction of sp³-hybridized carbons (Fsp3) is 0. The Balaban J connectivity index is 0. The standard InChI is InChI=1S/C6H6N2.2ClH/c7-5-3-1-2-4-6(5)8;;/h1-4,7-8H;2*1H. The maximum atomic E-state index is 7.03. The number of halogens is 2. The largest absolute Gasteiger partial charge is 0.299 e. The zero-order valence-electron chi connectivity index (χ0n) is 5.13. The molecule has 0 bridgehead atoms. The van der Waals surface area contributed by atoms with Gasteiger partial charge in [-0.2, -0.15) is 0 Å². The molecule has 1 aliphatic rings. The van der Waals surface area contributed by atoms with Crippen LogP contribution in [0, 0.1) is 10.8 Å². The summed E-state index contributed by atoms with van der Waals surface area (Å²) in [5.74, 6) is 0. The van der Waals surface area contributed by atoms with Crippen LogP contribution in [0.5, 0.6) is 0 Å². The maximum Gasteiger partial charge on any atom is 0.0789 e. The van der Waals surface area contributed by atoms with Crippen molar-refractivity contribution in [1.29, 1.82) is 10.8 Å². The Bertz CT molecular complexity index is 172. The molecule has 0 radical (unpaired) electrons. The van der Waals surface area contributed by atoms with E-state index in [0.29, 0.717) is 0 Å². The number of rotatable bonds is 0. The Morgan fingerprint density at radius 2 is 1.10 bits per heavy atom. The first kappa shape index (κ1) is 12.1. The monoisotopic (exact) mass is 178 g/mol. The van der Waals surface area contributed by atoms with Crippen LogP contribution in [0.1, 0.15) is 0 Å². The lowest BCUT2D eigenvalue weighted by Crippen LogP contribution is -2.06. The molecule has 0 atom stereocenters. The van der Waals surface area contributed by atoms with E-state index in [9.17, 15) is 0 Å². The van der Waals surface area contributed by atoms with Gasteiger partial charge in [0.15, 0.2) is 0 Å². The summed E-state index contributed by atoms with van der Waals surface area (Å²) in [7, 11) is 0. The Morgan fingerprint density at radius 3 is 1.30 bits per heavy atom. The van der Waals surface area contributed by atoms with Crippen molar-refractivity contribution in [2.45, 2.75) is 0 Å². The second-order valence-corrected chi connectivity index (χ2v) is 1.55. The predicted octanol–water partition coefficient (Wildman–Crippen LogP) is 2.00. The molecule has 0 saturated carbocycles. The van der Waals surface area contributed by atoms with Gasteiger partial charge in [0, 0.05) is 0 Å². The van der Waals surface area contributed by atoms with E-state index in [1.807, 2.05) is 0 Å². The molecule has 2 N–H and O–H groups in total. The van der Waals surface area contributed by atoms with Crippen LogP contribution < -0.4 is 0 Å². The summed E-state index contributed by atoms with van der Waals surface area (Å²) >= 11 is 0. The summed E-state index contributed by atoms with van der Waals surface area (Å²) in [6.45, 7) is 0. The zero-order valence-corrected chi connectivity index (χ0v) is 6.76. The molecule has 0 spiro atoms. The molecule has 0 aliphatic heterocycles. The minimum atomic E-state index is 0. The van der Waals surface area contributed by atoms with E-state index >= 15 is 0 Å². The molecule has 56 valence electrons. The molecule has 0 amide bonds. The third-order valence-corrected chi connectivity index (χ3v) is 0.927. The third-order valence-electron chi connectivity index (χ3n) is 0.927. The van der Waals surface area contributed by atoms with Crippen molar-refractivity contribution in [1.82, 2.24) is 0 Å². The average molecular weight is 179 g/mol.